The van der Waals surface area contributed by atoms with Crippen LogP contribution in [0.2, 0.25) is 0 Å². The molecule has 0 fully saturated rings. The fourth-order valence-corrected chi connectivity index (χ4v) is 1.00. The summed E-state index contributed by atoms with van der Waals surface area (Å²) in [5, 5.41) is 2.47. The largest absolute Gasteiger partial charge is 0.336 e. The Balaban J connectivity index is 3.90. The zero-order valence-corrected chi connectivity index (χ0v) is 6.29. The Bertz CT molecular complexity index is 178. The minimum atomic E-state index is -4.16. The molecule has 0 aromatic rings. The summed E-state index contributed by atoms with van der Waals surface area (Å²) in [6, 6.07) is 0. The molecular weight excluding hydrogens is 164 g/mol. The number of hydrogen-bond acceptors (Lipinski definition) is 3. The highest BCUT2D eigenvalue weighted by Crippen LogP contribution is 2.03. The van der Waals surface area contributed by atoms with Crippen LogP contribution in [0.5, 0.6) is 0 Å². The summed E-state index contributed by atoms with van der Waals surface area (Å²) in [6.45, 7) is 0.0622. The maximum atomic E-state index is 11.5. The second-order valence-electron chi connectivity index (χ2n) is 1.73. The average Bonchev–Trinajstić information content (AvgIpc) is 1.84. The topological polar surface area (TPSA) is 46.2 Å². The quantitative estimate of drug-likeness (QED) is 0.642. The molecule has 0 aliphatic carbocycles. The SMILES string of the molecule is CNCCS(=O)(=O)C(F)F. The minimum Gasteiger partial charge on any atom is -0.319 e. The molecule has 0 unspecified atom stereocenters. The van der Waals surface area contributed by atoms with Gasteiger partial charge in [0, 0.05) is 6.54 Å². The number of hydrogen-bond donors (Lipinski definition) is 1. The van der Waals surface area contributed by atoms with Crippen molar-refractivity contribution in [2.45, 2.75) is 5.76 Å². The van der Waals surface area contributed by atoms with Crippen molar-refractivity contribution >= 4 is 9.84 Å². The molecule has 62 valence electrons. The van der Waals surface area contributed by atoms with Crippen molar-refractivity contribution in [1.82, 2.24) is 5.32 Å². The number of nitrogens with one attached hydrogen (secondary N) is 1. The summed E-state index contributed by atoms with van der Waals surface area (Å²) in [5.74, 6) is -3.76. The maximum Gasteiger partial charge on any atom is 0.336 e. The van der Waals surface area contributed by atoms with Crippen LogP contribution in [0.3, 0.4) is 0 Å². The first-order chi connectivity index (χ1) is 4.50. The average molecular weight is 173 g/mol. The molecule has 0 bridgehead atoms. The molecule has 0 spiro atoms. The van der Waals surface area contributed by atoms with Gasteiger partial charge in [0.05, 0.1) is 5.75 Å². The van der Waals surface area contributed by atoms with E-state index >= 15 is 0 Å². The smallest absolute Gasteiger partial charge is 0.319 e. The Hall–Kier alpha value is -0.230. The van der Waals surface area contributed by atoms with Gasteiger partial charge in [0.15, 0.2) is 0 Å². The van der Waals surface area contributed by atoms with Crippen LogP contribution in [-0.4, -0.2) is 33.5 Å². The zero-order valence-electron chi connectivity index (χ0n) is 5.47. The predicted octanol–water partition coefficient (Wildman–Crippen LogP) is -0.157. The first-order valence-electron chi connectivity index (χ1n) is 2.65. The van der Waals surface area contributed by atoms with Crippen LogP contribution < -0.4 is 5.32 Å². The van der Waals surface area contributed by atoms with E-state index in [1.165, 1.54) is 7.05 Å². The molecular formula is C4H9F2NO2S. The molecule has 0 aliphatic heterocycles. The molecule has 0 rings (SSSR count). The minimum absolute atomic E-state index is 0.0622. The van der Waals surface area contributed by atoms with Crippen LogP contribution in [0.1, 0.15) is 0 Å². The van der Waals surface area contributed by atoms with E-state index in [2.05, 4.69) is 5.32 Å². The highest BCUT2D eigenvalue weighted by molar-refractivity contribution is 7.91. The molecule has 0 radical (unpaired) electrons. The molecule has 1 N–H and O–H groups in total. The van der Waals surface area contributed by atoms with E-state index in [9.17, 15) is 17.2 Å². The van der Waals surface area contributed by atoms with E-state index in [0.29, 0.717) is 0 Å². The van der Waals surface area contributed by atoms with Gasteiger partial charge in [-0.25, -0.2) is 8.42 Å². The summed E-state index contributed by atoms with van der Waals surface area (Å²) in [5.41, 5.74) is 0. The molecule has 6 heteroatoms. The highest BCUT2D eigenvalue weighted by Gasteiger charge is 2.22. The number of rotatable bonds is 4. The van der Waals surface area contributed by atoms with E-state index in [4.69, 9.17) is 0 Å². The Morgan fingerprint density at radius 3 is 2.30 bits per heavy atom. The number of sulfone groups is 1. The summed E-state index contributed by atoms with van der Waals surface area (Å²) < 4.78 is 43.6. The molecule has 0 amide bonds. The van der Waals surface area contributed by atoms with Crippen molar-refractivity contribution in [3.8, 4) is 0 Å². The van der Waals surface area contributed by atoms with Gasteiger partial charge < -0.3 is 5.32 Å². The zero-order chi connectivity index (χ0) is 8.20. The molecule has 3 nitrogen and oxygen atoms in total. The van der Waals surface area contributed by atoms with Gasteiger partial charge in [-0.15, -0.1) is 0 Å². The van der Waals surface area contributed by atoms with Crippen LogP contribution >= 0.6 is 0 Å². The highest BCUT2D eigenvalue weighted by atomic mass is 32.2. The maximum absolute atomic E-state index is 11.5. The van der Waals surface area contributed by atoms with Crippen LogP contribution in [0.15, 0.2) is 0 Å². The van der Waals surface area contributed by atoms with Crippen molar-refractivity contribution in [2.24, 2.45) is 0 Å². The van der Waals surface area contributed by atoms with Gasteiger partial charge in [-0.1, -0.05) is 0 Å². The predicted molar refractivity (Wildman–Crippen MR) is 33.7 cm³/mol. The molecule has 0 saturated heterocycles. The molecule has 0 heterocycles. The fourth-order valence-electron chi connectivity index (χ4n) is 0.333. The number of halogens is 2. The van der Waals surface area contributed by atoms with Gasteiger partial charge in [0.25, 0.3) is 0 Å². The van der Waals surface area contributed by atoms with Gasteiger partial charge >= 0.3 is 5.76 Å². The second-order valence-corrected chi connectivity index (χ2v) is 3.82. The molecule has 0 aromatic carbocycles. The van der Waals surface area contributed by atoms with E-state index in [0.717, 1.165) is 0 Å². The Labute approximate surface area is 58.3 Å². The summed E-state index contributed by atoms with van der Waals surface area (Å²) in [4.78, 5) is 0. The Kier molecular flexibility index (Phi) is 3.73. The number of alkyl halides is 2. The van der Waals surface area contributed by atoms with E-state index in [1.54, 1.807) is 0 Å². The fraction of sp³-hybridized carbons (Fsp3) is 1.00. The van der Waals surface area contributed by atoms with Crippen LogP contribution in [-0.2, 0) is 9.84 Å². The normalized spacial score (nSPS) is 12.4. The Morgan fingerprint density at radius 2 is 2.00 bits per heavy atom. The third-order valence-electron chi connectivity index (χ3n) is 0.908. The van der Waals surface area contributed by atoms with E-state index in [1.807, 2.05) is 0 Å². The standard InChI is InChI=1S/C4H9F2NO2S/c1-7-2-3-10(8,9)4(5)6/h4,7H,2-3H2,1H3. The summed E-state index contributed by atoms with van der Waals surface area (Å²) in [7, 11) is -2.66. The van der Waals surface area contributed by atoms with Crippen molar-refractivity contribution < 1.29 is 17.2 Å². The van der Waals surface area contributed by atoms with E-state index in [-0.39, 0.29) is 6.54 Å². The third kappa shape index (κ3) is 3.07. The molecule has 10 heavy (non-hydrogen) atoms. The van der Waals surface area contributed by atoms with Gasteiger partial charge in [-0.05, 0) is 7.05 Å². The lowest BCUT2D eigenvalue weighted by atomic mass is 10.8. The van der Waals surface area contributed by atoms with Crippen LogP contribution in [0.25, 0.3) is 0 Å². The first kappa shape index (κ1) is 9.77. The summed E-state index contributed by atoms with van der Waals surface area (Å²) in [6.07, 6.45) is 0. The van der Waals surface area contributed by atoms with Crippen LogP contribution in [0.4, 0.5) is 8.78 Å². The lowest BCUT2D eigenvalue weighted by Gasteiger charge is -2.00. The lowest BCUT2D eigenvalue weighted by Crippen LogP contribution is -2.23. The lowest BCUT2D eigenvalue weighted by molar-refractivity contribution is 0.235. The first-order valence-corrected chi connectivity index (χ1v) is 4.36. The van der Waals surface area contributed by atoms with Gasteiger partial charge in [0.1, 0.15) is 0 Å². The van der Waals surface area contributed by atoms with Crippen molar-refractivity contribution in [3.05, 3.63) is 0 Å². The summed E-state index contributed by atoms with van der Waals surface area (Å²) >= 11 is 0. The van der Waals surface area contributed by atoms with Crippen molar-refractivity contribution in [3.63, 3.8) is 0 Å². The third-order valence-corrected chi connectivity index (χ3v) is 2.22. The Morgan fingerprint density at radius 1 is 1.50 bits per heavy atom. The van der Waals surface area contributed by atoms with Crippen molar-refractivity contribution in [2.75, 3.05) is 19.3 Å². The molecule has 0 aliphatic rings. The van der Waals surface area contributed by atoms with Crippen molar-refractivity contribution in [1.29, 1.82) is 0 Å². The monoisotopic (exact) mass is 173 g/mol. The van der Waals surface area contributed by atoms with Crippen LogP contribution in [0, 0.1) is 0 Å². The van der Waals surface area contributed by atoms with Gasteiger partial charge in [-0.2, -0.15) is 8.78 Å². The molecule has 0 atom stereocenters. The van der Waals surface area contributed by atoms with Gasteiger partial charge in [0.2, 0.25) is 9.84 Å². The van der Waals surface area contributed by atoms with Gasteiger partial charge in [-0.3, -0.25) is 0 Å². The second kappa shape index (κ2) is 3.82. The molecule has 0 aromatic heterocycles. The van der Waals surface area contributed by atoms with E-state index < -0.39 is 21.3 Å². The molecule has 0 saturated carbocycles.